The van der Waals surface area contributed by atoms with Gasteiger partial charge in [0.1, 0.15) is 6.04 Å². The molecule has 1 unspecified atom stereocenters. The molecular weight excluding hydrogens is 226 g/mol. The summed E-state index contributed by atoms with van der Waals surface area (Å²) < 4.78 is 5.31. The number of rotatable bonds is 5. The van der Waals surface area contributed by atoms with Gasteiger partial charge in [-0.05, 0) is 30.4 Å². The maximum atomic E-state index is 11.9. The number of carbonyl (C=O) groups excluding carboxylic acids is 1. The van der Waals surface area contributed by atoms with Gasteiger partial charge < -0.3 is 10.1 Å². The lowest BCUT2D eigenvalue weighted by Crippen LogP contribution is -2.29. The van der Waals surface area contributed by atoms with Crippen LogP contribution in [-0.2, 0) is 16.0 Å². The van der Waals surface area contributed by atoms with Crippen molar-refractivity contribution in [2.75, 3.05) is 11.9 Å². The molecule has 1 heterocycles. The quantitative estimate of drug-likeness (QED) is 0.642. The highest BCUT2D eigenvalue weighted by Crippen LogP contribution is 2.25. The maximum absolute atomic E-state index is 11.9. The van der Waals surface area contributed by atoms with Crippen LogP contribution in [0.15, 0.2) is 24.3 Å². The van der Waals surface area contributed by atoms with Crippen LogP contribution in [0.1, 0.15) is 32.3 Å². The molecule has 1 aromatic rings. The highest BCUT2D eigenvalue weighted by molar-refractivity contribution is 5.82. The first-order chi connectivity index (χ1) is 8.66. The molecule has 0 amide bonds. The van der Waals surface area contributed by atoms with Crippen LogP contribution in [0, 0.1) is 5.92 Å². The van der Waals surface area contributed by atoms with E-state index >= 15 is 0 Å². The van der Waals surface area contributed by atoms with Crippen molar-refractivity contribution in [2.24, 2.45) is 5.92 Å². The van der Waals surface area contributed by atoms with E-state index in [2.05, 4.69) is 19.2 Å². The second kappa shape index (κ2) is 5.89. The third kappa shape index (κ3) is 3.25. The summed E-state index contributed by atoms with van der Waals surface area (Å²) in [5, 5.41) is 3.21. The van der Waals surface area contributed by atoms with Crippen LogP contribution in [0.2, 0.25) is 0 Å². The molecule has 3 heteroatoms. The molecule has 0 radical (unpaired) electrons. The van der Waals surface area contributed by atoms with E-state index in [9.17, 15) is 4.79 Å². The minimum Gasteiger partial charge on any atom is -0.464 e. The summed E-state index contributed by atoms with van der Waals surface area (Å²) in [6.45, 7) is 4.89. The van der Waals surface area contributed by atoms with E-state index in [1.807, 2.05) is 24.3 Å². The molecule has 98 valence electrons. The third-order valence-corrected chi connectivity index (χ3v) is 3.23. The van der Waals surface area contributed by atoms with Gasteiger partial charge in [-0.1, -0.05) is 32.0 Å². The number of fused-ring (bicyclic) bond motifs is 1. The molecule has 1 aliphatic rings. The smallest absolute Gasteiger partial charge is 0.328 e. The zero-order valence-electron chi connectivity index (χ0n) is 11.1. The van der Waals surface area contributed by atoms with Gasteiger partial charge >= 0.3 is 5.97 Å². The second-order valence-corrected chi connectivity index (χ2v) is 5.26. The monoisotopic (exact) mass is 247 g/mol. The summed E-state index contributed by atoms with van der Waals surface area (Å²) in [5.41, 5.74) is 2.25. The van der Waals surface area contributed by atoms with Crippen LogP contribution in [0.4, 0.5) is 5.69 Å². The van der Waals surface area contributed by atoms with Crippen molar-refractivity contribution in [3.05, 3.63) is 29.8 Å². The molecule has 0 aliphatic carbocycles. The molecule has 18 heavy (non-hydrogen) atoms. The number of hydrogen-bond acceptors (Lipinski definition) is 3. The molecule has 2 rings (SSSR count). The van der Waals surface area contributed by atoms with Crippen LogP contribution >= 0.6 is 0 Å². The Labute approximate surface area is 109 Å². The Morgan fingerprint density at radius 1 is 1.44 bits per heavy atom. The zero-order chi connectivity index (χ0) is 13.0. The average molecular weight is 247 g/mol. The lowest BCUT2D eigenvalue weighted by Gasteiger charge is -2.11. The fraction of sp³-hybridized carbons (Fsp3) is 0.533. The number of hydrogen-bond donors (Lipinski definition) is 1. The van der Waals surface area contributed by atoms with Crippen molar-refractivity contribution < 1.29 is 9.53 Å². The molecule has 1 aliphatic heterocycles. The number of esters is 1. The molecule has 1 aromatic carbocycles. The summed E-state index contributed by atoms with van der Waals surface area (Å²) in [4.78, 5) is 11.9. The van der Waals surface area contributed by atoms with Crippen LogP contribution in [0.3, 0.4) is 0 Å². The first-order valence-electron chi connectivity index (χ1n) is 6.68. The van der Waals surface area contributed by atoms with E-state index in [0.29, 0.717) is 12.5 Å². The second-order valence-electron chi connectivity index (χ2n) is 5.26. The Morgan fingerprint density at radius 3 is 2.94 bits per heavy atom. The van der Waals surface area contributed by atoms with Gasteiger partial charge in [-0.15, -0.1) is 0 Å². The van der Waals surface area contributed by atoms with E-state index in [1.54, 1.807) is 0 Å². The third-order valence-electron chi connectivity index (χ3n) is 3.23. The zero-order valence-corrected chi connectivity index (χ0v) is 11.1. The molecule has 0 saturated carbocycles. The number of nitrogens with one attached hydrogen (secondary N) is 1. The number of anilines is 1. The highest BCUT2D eigenvalue weighted by Gasteiger charge is 2.27. The van der Waals surface area contributed by atoms with Crippen molar-refractivity contribution in [2.45, 2.75) is 39.2 Å². The molecule has 0 bridgehead atoms. The van der Waals surface area contributed by atoms with E-state index in [4.69, 9.17) is 4.74 Å². The predicted octanol–water partition coefficient (Wildman–Crippen LogP) is 3.00. The number of ether oxygens (including phenoxy) is 1. The van der Waals surface area contributed by atoms with Crippen molar-refractivity contribution >= 4 is 11.7 Å². The van der Waals surface area contributed by atoms with Gasteiger partial charge in [-0.2, -0.15) is 0 Å². The molecule has 0 fully saturated rings. The molecule has 3 nitrogen and oxygen atoms in total. The topological polar surface area (TPSA) is 38.3 Å². The molecule has 1 N–H and O–H groups in total. The van der Waals surface area contributed by atoms with E-state index in [0.717, 1.165) is 24.9 Å². The number of para-hydroxylation sites is 1. The van der Waals surface area contributed by atoms with Crippen LogP contribution in [-0.4, -0.2) is 18.6 Å². The predicted molar refractivity (Wildman–Crippen MR) is 72.6 cm³/mol. The van der Waals surface area contributed by atoms with Crippen molar-refractivity contribution in [3.63, 3.8) is 0 Å². The fourth-order valence-corrected chi connectivity index (χ4v) is 2.20. The Morgan fingerprint density at radius 2 is 2.22 bits per heavy atom. The van der Waals surface area contributed by atoms with Crippen LogP contribution in [0.25, 0.3) is 0 Å². The molecular formula is C15H21NO2. The van der Waals surface area contributed by atoms with E-state index < -0.39 is 0 Å². The average Bonchev–Trinajstić information content (AvgIpc) is 2.78. The summed E-state index contributed by atoms with van der Waals surface area (Å²) >= 11 is 0. The van der Waals surface area contributed by atoms with Gasteiger partial charge in [0.05, 0.1) is 6.61 Å². The minimum absolute atomic E-state index is 0.130. The summed E-state index contributed by atoms with van der Waals surface area (Å²) in [5.74, 6) is 0.535. The standard InChI is InChI=1S/C15H21NO2/c1-11(2)6-5-9-18-15(17)14-10-12-7-3-4-8-13(12)16-14/h3-4,7-8,11,14,16H,5-6,9-10H2,1-2H3. The van der Waals surface area contributed by atoms with Gasteiger partial charge in [-0.3, -0.25) is 0 Å². The van der Waals surface area contributed by atoms with Gasteiger partial charge in [0.2, 0.25) is 0 Å². The van der Waals surface area contributed by atoms with Crippen molar-refractivity contribution in [3.8, 4) is 0 Å². The van der Waals surface area contributed by atoms with Gasteiger partial charge in [-0.25, -0.2) is 4.79 Å². The minimum atomic E-state index is -0.207. The van der Waals surface area contributed by atoms with Crippen molar-refractivity contribution in [1.29, 1.82) is 0 Å². The summed E-state index contributed by atoms with van der Waals surface area (Å²) in [7, 11) is 0. The molecule has 0 aromatic heterocycles. The summed E-state index contributed by atoms with van der Waals surface area (Å²) in [6, 6.07) is 7.82. The lowest BCUT2D eigenvalue weighted by atomic mass is 10.1. The maximum Gasteiger partial charge on any atom is 0.328 e. The van der Waals surface area contributed by atoms with E-state index in [1.165, 1.54) is 5.56 Å². The molecule has 0 saturated heterocycles. The van der Waals surface area contributed by atoms with E-state index in [-0.39, 0.29) is 12.0 Å². The van der Waals surface area contributed by atoms with Gasteiger partial charge in [0.25, 0.3) is 0 Å². The lowest BCUT2D eigenvalue weighted by molar-refractivity contribution is -0.144. The van der Waals surface area contributed by atoms with Gasteiger partial charge in [0.15, 0.2) is 0 Å². The molecule has 0 spiro atoms. The van der Waals surface area contributed by atoms with Crippen LogP contribution in [0.5, 0.6) is 0 Å². The first-order valence-corrected chi connectivity index (χ1v) is 6.68. The first kappa shape index (κ1) is 12.9. The van der Waals surface area contributed by atoms with Gasteiger partial charge in [0, 0.05) is 12.1 Å². The normalized spacial score (nSPS) is 17.4. The van der Waals surface area contributed by atoms with Crippen LogP contribution < -0.4 is 5.32 Å². The Balaban J connectivity index is 1.76. The Kier molecular flexibility index (Phi) is 4.24. The SMILES string of the molecule is CC(C)CCCOC(=O)C1Cc2ccccc2N1. The number of carbonyl (C=O) groups is 1. The molecule has 1 atom stereocenters. The fourth-order valence-electron chi connectivity index (χ4n) is 2.20. The largest absolute Gasteiger partial charge is 0.464 e. The highest BCUT2D eigenvalue weighted by atomic mass is 16.5. The number of benzene rings is 1. The Hall–Kier alpha value is -1.51. The van der Waals surface area contributed by atoms with Crippen molar-refractivity contribution in [1.82, 2.24) is 0 Å². The Bertz CT molecular complexity index is 390. The summed E-state index contributed by atoms with van der Waals surface area (Å²) in [6.07, 6.45) is 2.79.